The van der Waals surface area contributed by atoms with Gasteiger partial charge in [-0.25, -0.2) is 4.39 Å². The summed E-state index contributed by atoms with van der Waals surface area (Å²) in [6.07, 6.45) is 1.70. The van der Waals surface area contributed by atoms with Crippen molar-refractivity contribution in [3.05, 3.63) is 71.0 Å². The minimum atomic E-state index is -0.286. The third-order valence-electron chi connectivity index (χ3n) is 2.73. The number of ether oxygens (including phenoxy) is 1. The molecule has 0 bridgehead atoms. The van der Waals surface area contributed by atoms with Gasteiger partial charge < -0.3 is 10.1 Å². The van der Waals surface area contributed by atoms with Crippen LogP contribution < -0.4 is 10.1 Å². The summed E-state index contributed by atoms with van der Waals surface area (Å²) in [6.45, 7) is 4.66. The van der Waals surface area contributed by atoms with Crippen LogP contribution in [0, 0.1) is 5.82 Å². The van der Waals surface area contributed by atoms with E-state index in [0.29, 0.717) is 17.6 Å². The average Bonchev–Trinajstić information content (AvgIpc) is 2.47. The normalized spacial score (nSPS) is 10.1. The van der Waals surface area contributed by atoms with Gasteiger partial charge in [-0.1, -0.05) is 30.9 Å². The minimum Gasteiger partial charge on any atom is -0.489 e. The third kappa shape index (κ3) is 3.84. The van der Waals surface area contributed by atoms with Gasteiger partial charge in [-0.15, -0.1) is 0 Å². The van der Waals surface area contributed by atoms with Crippen LogP contribution in [0.5, 0.6) is 5.75 Å². The number of hydrogen-bond acceptors (Lipinski definition) is 2. The van der Waals surface area contributed by atoms with Crippen molar-refractivity contribution in [2.45, 2.75) is 6.54 Å². The van der Waals surface area contributed by atoms with Gasteiger partial charge in [0.2, 0.25) is 0 Å². The number of nitrogens with one attached hydrogen (secondary N) is 1. The molecule has 0 fully saturated rings. The van der Waals surface area contributed by atoms with E-state index in [1.807, 2.05) is 30.3 Å². The molecule has 0 aromatic heterocycles. The highest BCUT2D eigenvalue weighted by molar-refractivity contribution is 9.10. The Morgan fingerprint density at radius 2 is 2.05 bits per heavy atom. The van der Waals surface area contributed by atoms with Crippen LogP contribution in [-0.4, -0.2) is 6.61 Å². The zero-order valence-corrected chi connectivity index (χ0v) is 12.5. The lowest BCUT2D eigenvalue weighted by atomic mass is 10.2. The lowest BCUT2D eigenvalue weighted by Crippen LogP contribution is -2.03. The summed E-state index contributed by atoms with van der Waals surface area (Å²) in [6, 6.07) is 12.7. The molecule has 2 nitrogen and oxygen atoms in total. The number of rotatable bonds is 6. The number of halogens is 2. The predicted molar refractivity (Wildman–Crippen MR) is 83.6 cm³/mol. The van der Waals surface area contributed by atoms with Crippen LogP contribution in [-0.2, 0) is 6.54 Å². The number of anilines is 1. The maximum atomic E-state index is 13.4. The van der Waals surface area contributed by atoms with Crippen molar-refractivity contribution < 1.29 is 9.13 Å². The van der Waals surface area contributed by atoms with Crippen LogP contribution in [0.3, 0.4) is 0 Å². The Balaban J connectivity index is 2.06. The molecule has 0 radical (unpaired) electrons. The van der Waals surface area contributed by atoms with E-state index in [1.54, 1.807) is 12.1 Å². The van der Waals surface area contributed by atoms with Crippen LogP contribution in [0.15, 0.2) is 59.6 Å². The van der Waals surface area contributed by atoms with E-state index in [1.165, 1.54) is 6.07 Å². The highest BCUT2D eigenvalue weighted by Gasteiger charge is 2.04. The van der Waals surface area contributed by atoms with Gasteiger partial charge in [0.05, 0.1) is 4.47 Å². The van der Waals surface area contributed by atoms with Crippen molar-refractivity contribution in [1.82, 2.24) is 0 Å². The van der Waals surface area contributed by atoms with Crippen molar-refractivity contribution in [2.24, 2.45) is 0 Å². The van der Waals surface area contributed by atoms with Crippen LogP contribution in [0.4, 0.5) is 10.1 Å². The van der Waals surface area contributed by atoms with Gasteiger partial charge >= 0.3 is 0 Å². The Morgan fingerprint density at radius 1 is 1.25 bits per heavy atom. The maximum Gasteiger partial charge on any atom is 0.139 e. The molecule has 0 aliphatic rings. The lowest BCUT2D eigenvalue weighted by molar-refractivity contribution is 0.359. The number of benzene rings is 2. The SMILES string of the molecule is C=CCOc1ccccc1CNc1ccc(Br)c(F)c1. The van der Waals surface area contributed by atoms with E-state index < -0.39 is 0 Å². The monoisotopic (exact) mass is 335 g/mol. The molecule has 0 saturated carbocycles. The molecule has 20 heavy (non-hydrogen) atoms. The summed E-state index contributed by atoms with van der Waals surface area (Å²) in [5.41, 5.74) is 1.74. The second-order valence-corrected chi connectivity index (χ2v) is 5.04. The second-order valence-electron chi connectivity index (χ2n) is 4.19. The molecule has 2 aromatic rings. The van der Waals surface area contributed by atoms with Gasteiger partial charge in [0, 0.05) is 17.8 Å². The average molecular weight is 336 g/mol. The molecule has 0 saturated heterocycles. The zero-order chi connectivity index (χ0) is 14.4. The summed E-state index contributed by atoms with van der Waals surface area (Å²) < 4.78 is 19.5. The van der Waals surface area contributed by atoms with Crippen LogP contribution >= 0.6 is 15.9 Å². The van der Waals surface area contributed by atoms with E-state index in [4.69, 9.17) is 4.74 Å². The summed E-state index contributed by atoms with van der Waals surface area (Å²) in [5.74, 6) is 0.517. The molecule has 0 spiro atoms. The molecule has 0 amide bonds. The molecular formula is C16H15BrFNO. The van der Waals surface area contributed by atoms with Gasteiger partial charge in [0.1, 0.15) is 18.2 Å². The van der Waals surface area contributed by atoms with Crippen LogP contribution in [0.25, 0.3) is 0 Å². The van der Waals surface area contributed by atoms with Crippen molar-refractivity contribution in [2.75, 3.05) is 11.9 Å². The number of hydrogen-bond donors (Lipinski definition) is 1. The molecule has 0 heterocycles. The first kappa shape index (κ1) is 14.6. The largest absolute Gasteiger partial charge is 0.489 e. The lowest BCUT2D eigenvalue weighted by Gasteiger charge is -2.12. The first-order chi connectivity index (χ1) is 9.70. The van der Waals surface area contributed by atoms with Gasteiger partial charge in [-0.2, -0.15) is 0 Å². The van der Waals surface area contributed by atoms with E-state index in [2.05, 4.69) is 27.8 Å². The Labute approximate surface area is 126 Å². The van der Waals surface area contributed by atoms with E-state index in [0.717, 1.165) is 17.0 Å². The fourth-order valence-electron chi connectivity index (χ4n) is 1.74. The molecule has 0 atom stereocenters. The molecule has 1 N–H and O–H groups in total. The third-order valence-corrected chi connectivity index (χ3v) is 3.37. The Hall–Kier alpha value is -1.81. The molecular weight excluding hydrogens is 321 g/mol. The second kappa shape index (κ2) is 7.10. The fourth-order valence-corrected chi connectivity index (χ4v) is 1.99. The molecule has 2 aromatic carbocycles. The van der Waals surface area contributed by atoms with E-state index >= 15 is 0 Å². The highest BCUT2D eigenvalue weighted by atomic mass is 79.9. The first-order valence-electron chi connectivity index (χ1n) is 6.21. The van der Waals surface area contributed by atoms with Gasteiger partial charge in [0.15, 0.2) is 0 Å². The van der Waals surface area contributed by atoms with Crippen LogP contribution in [0.2, 0.25) is 0 Å². The maximum absolute atomic E-state index is 13.4. The van der Waals surface area contributed by atoms with Crippen LogP contribution in [0.1, 0.15) is 5.56 Å². The molecule has 4 heteroatoms. The van der Waals surface area contributed by atoms with Crippen molar-refractivity contribution in [3.63, 3.8) is 0 Å². The summed E-state index contributed by atoms with van der Waals surface area (Å²) in [4.78, 5) is 0. The molecule has 0 unspecified atom stereocenters. The highest BCUT2D eigenvalue weighted by Crippen LogP contribution is 2.22. The van der Waals surface area contributed by atoms with Crippen molar-refractivity contribution in [1.29, 1.82) is 0 Å². The molecule has 0 aliphatic carbocycles. The predicted octanol–water partition coefficient (Wildman–Crippen LogP) is 4.77. The summed E-state index contributed by atoms with van der Waals surface area (Å²) in [7, 11) is 0. The minimum absolute atomic E-state index is 0.286. The summed E-state index contributed by atoms with van der Waals surface area (Å²) >= 11 is 3.13. The molecule has 0 aliphatic heterocycles. The number of para-hydroxylation sites is 1. The quantitative estimate of drug-likeness (QED) is 0.768. The molecule has 2 rings (SSSR count). The Bertz CT molecular complexity index is 601. The topological polar surface area (TPSA) is 21.3 Å². The van der Waals surface area contributed by atoms with E-state index in [9.17, 15) is 4.39 Å². The summed E-state index contributed by atoms with van der Waals surface area (Å²) in [5, 5.41) is 3.18. The standard InChI is InChI=1S/C16H15BrFNO/c1-2-9-20-16-6-4-3-5-12(16)11-19-13-7-8-14(17)15(18)10-13/h2-8,10,19H,1,9,11H2. The van der Waals surface area contributed by atoms with Crippen molar-refractivity contribution in [3.8, 4) is 5.75 Å². The van der Waals surface area contributed by atoms with Gasteiger partial charge in [0.25, 0.3) is 0 Å². The Kier molecular flexibility index (Phi) is 5.18. The smallest absolute Gasteiger partial charge is 0.139 e. The molecule has 104 valence electrons. The van der Waals surface area contributed by atoms with Gasteiger partial charge in [-0.05, 0) is 40.2 Å². The zero-order valence-electron chi connectivity index (χ0n) is 10.9. The fraction of sp³-hybridized carbons (Fsp3) is 0.125. The Morgan fingerprint density at radius 3 is 2.80 bits per heavy atom. The van der Waals surface area contributed by atoms with Gasteiger partial charge in [-0.3, -0.25) is 0 Å². The van der Waals surface area contributed by atoms with E-state index in [-0.39, 0.29) is 5.82 Å². The van der Waals surface area contributed by atoms with Crippen molar-refractivity contribution >= 4 is 21.6 Å². The first-order valence-corrected chi connectivity index (χ1v) is 7.00.